The van der Waals surface area contributed by atoms with Crippen LogP contribution >= 0.6 is 0 Å². The maximum Gasteiger partial charge on any atom is 0.224 e. The summed E-state index contributed by atoms with van der Waals surface area (Å²) in [5.74, 6) is 0.855. The SMILES string of the molecule is COc1ccc(CC(=O)NC2CNc3ccccc3C2)cc1. The van der Waals surface area contributed by atoms with Crippen molar-refractivity contribution in [3.63, 3.8) is 0 Å². The largest absolute Gasteiger partial charge is 0.497 e. The van der Waals surface area contributed by atoms with Crippen LogP contribution in [0.1, 0.15) is 11.1 Å². The number of rotatable bonds is 4. The summed E-state index contributed by atoms with van der Waals surface area (Å²) in [4.78, 5) is 12.2. The standard InChI is InChI=1S/C18H20N2O2/c1-22-16-8-6-13(7-9-16)10-18(21)20-15-11-14-4-2-3-5-17(14)19-12-15/h2-9,15,19H,10-12H2,1H3,(H,20,21). The highest BCUT2D eigenvalue weighted by molar-refractivity contribution is 5.79. The third-order valence-corrected chi connectivity index (χ3v) is 3.91. The van der Waals surface area contributed by atoms with E-state index in [-0.39, 0.29) is 11.9 Å². The third-order valence-electron chi connectivity index (χ3n) is 3.91. The maximum absolute atomic E-state index is 12.2. The van der Waals surface area contributed by atoms with Crippen LogP contribution in [0, 0.1) is 0 Å². The first-order valence-corrected chi connectivity index (χ1v) is 7.48. The number of ether oxygens (including phenoxy) is 1. The number of anilines is 1. The molecule has 4 heteroatoms. The molecule has 0 saturated carbocycles. The lowest BCUT2D eigenvalue weighted by Crippen LogP contribution is -2.44. The van der Waals surface area contributed by atoms with Crippen LogP contribution in [-0.2, 0) is 17.6 Å². The van der Waals surface area contributed by atoms with Crippen molar-refractivity contribution >= 4 is 11.6 Å². The molecule has 0 aliphatic carbocycles. The van der Waals surface area contributed by atoms with Gasteiger partial charge in [0.05, 0.1) is 19.6 Å². The lowest BCUT2D eigenvalue weighted by molar-refractivity contribution is -0.121. The number of fused-ring (bicyclic) bond motifs is 1. The molecule has 0 fully saturated rings. The summed E-state index contributed by atoms with van der Waals surface area (Å²) in [5.41, 5.74) is 3.41. The van der Waals surface area contributed by atoms with E-state index in [9.17, 15) is 4.79 Å². The van der Waals surface area contributed by atoms with Gasteiger partial charge in [-0.15, -0.1) is 0 Å². The van der Waals surface area contributed by atoms with Crippen molar-refractivity contribution < 1.29 is 9.53 Å². The Morgan fingerprint density at radius 1 is 1.23 bits per heavy atom. The number of hydrogen-bond donors (Lipinski definition) is 2. The quantitative estimate of drug-likeness (QED) is 0.911. The minimum Gasteiger partial charge on any atom is -0.497 e. The van der Waals surface area contributed by atoms with Gasteiger partial charge in [-0.05, 0) is 35.7 Å². The van der Waals surface area contributed by atoms with Crippen molar-refractivity contribution in [1.82, 2.24) is 5.32 Å². The minimum absolute atomic E-state index is 0.0522. The van der Waals surface area contributed by atoms with Gasteiger partial charge in [-0.3, -0.25) is 4.79 Å². The molecule has 1 heterocycles. The first kappa shape index (κ1) is 14.4. The predicted octanol–water partition coefficient (Wildman–Crippen LogP) is 2.39. The Bertz CT molecular complexity index is 652. The van der Waals surface area contributed by atoms with Crippen LogP contribution in [0.5, 0.6) is 5.75 Å². The van der Waals surface area contributed by atoms with Gasteiger partial charge in [-0.25, -0.2) is 0 Å². The molecule has 1 aliphatic heterocycles. The Hall–Kier alpha value is -2.49. The van der Waals surface area contributed by atoms with Gasteiger partial charge in [0, 0.05) is 12.2 Å². The zero-order chi connectivity index (χ0) is 15.4. The van der Waals surface area contributed by atoms with E-state index in [1.165, 1.54) is 11.3 Å². The van der Waals surface area contributed by atoms with E-state index in [1.807, 2.05) is 36.4 Å². The molecule has 0 spiro atoms. The van der Waals surface area contributed by atoms with Crippen LogP contribution in [0.25, 0.3) is 0 Å². The minimum atomic E-state index is 0.0522. The molecule has 1 atom stereocenters. The van der Waals surface area contributed by atoms with Gasteiger partial charge in [0.2, 0.25) is 5.91 Å². The topological polar surface area (TPSA) is 50.4 Å². The van der Waals surface area contributed by atoms with Crippen LogP contribution in [0.4, 0.5) is 5.69 Å². The number of hydrogen-bond acceptors (Lipinski definition) is 3. The molecule has 114 valence electrons. The zero-order valence-corrected chi connectivity index (χ0v) is 12.6. The van der Waals surface area contributed by atoms with Crippen LogP contribution in [0.15, 0.2) is 48.5 Å². The van der Waals surface area contributed by atoms with E-state index in [0.29, 0.717) is 6.42 Å². The fourth-order valence-corrected chi connectivity index (χ4v) is 2.75. The van der Waals surface area contributed by atoms with Crippen LogP contribution < -0.4 is 15.4 Å². The van der Waals surface area contributed by atoms with Crippen molar-refractivity contribution in [2.75, 3.05) is 19.0 Å². The summed E-state index contributed by atoms with van der Waals surface area (Å²) < 4.78 is 5.12. The first-order valence-electron chi connectivity index (χ1n) is 7.48. The first-order chi connectivity index (χ1) is 10.7. The van der Waals surface area contributed by atoms with Crippen LogP contribution in [-0.4, -0.2) is 25.6 Å². The average Bonchev–Trinajstić information content (AvgIpc) is 2.55. The van der Waals surface area contributed by atoms with E-state index in [2.05, 4.69) is 22.8 Å². The van der Waals surface area contributed by atoms with Crippen molar-refractivity contribution in [1.29, 1.82) is 0 Å². The molecule has 0 bridgehead atoms. The van der Waals surface area contributed by atoms with Crippen LogP contribution in [0.3, 0.4) is 0 Å². The van der Waals surface area contributed by atoms with Gasteiger partial charge >= 0.3 is 0 Å². The molecule has 0 aromatic heterocycles. The van der Waals surface area contributed by atoms with E-state index < -0.39 is 0 Å². The summed E-state index contributed by atoms with van der Waals surface area (Å²) in [6, 6.07) is 16.0. The highest BCUT2D eigenvalue weighted by Crippen LogP contribution is 2.21. The molecule has 0 radical (unpaired) electrons. The summed E-state index contributed by atoms with van der Waals surface area (Å²) in [5, 5.41) is 6.47. The van der Waals surface area contributed by atoms with Crippen molar-refractivity contribution in [3.05, 3.63) is 59.7 Å². The molecule has 2 aromatic rings. The monoisotopic (exact) mass is 296 g/mol. The Morgan fingerprint density at radius 2 is 2.00 bits per heavy atom. The summed E-state index contributed by atoms with van der Waals surface area (Å²) in [6.07, 6.45) is 1.26. The summed E-state index contributed by atoms with van der Waals surface area (Å²) in [6.45, 7) is 0.769. The van der Waals surface area contributed by atoms with Crippen molar-refractivity contribution in [3.8, 4) is 5.75 Å². The lowest BCUT2D eigenvalue weighted by Gasteiger charge is -2.27. The number of para-hydroxylation sites is 1. The van der Waals surface area contributed by atoms with E-state index in [4.69, 9.17) is 4.74 Å². The Balaban J connectivity index is 1.56. The summed E-state index contributed by atoms with van der Waals surface area (Å²) in [7, 11) is 1.63. The second-order valence-electron chi connectivity index (χ2n) is 5.53. The Kier molecular flexibility index (Phi) is 4.28. The predicted molar refractivity (Wildman–Crippen MR) is 87.3 cm³/mol. The van der Waals surface area contributed by atoms with Gasteiger partial charge < -0.3 is 15.4 Å². The molecular formula is C18H20N2O2. The second-order valence-corrected chi connectivity index (χ2v) is 5.53. The number of amides is 1. The fourth-order valence-electron chi connectivity index (χ4n) is 2.75. The van der Waals surface area contributed by atoms with E-state index in [0.717, 1.165) is 24.3 Å². The van der Waals surface area contributed by atoms with E-state index in [1.54, 1.807) is 7.11 Å². The number of methoxy groups -OCH3 is 1. The molecule has 1 amide bonds. The highest BCUT2D eigenvalue weighted by Gasteiger charge is 2.19. The number of benzene rings is 2. The molecule has 1 aliphatic rings. The highest BCUT2D eigenvalue weighted by atomic mass is 16.5. The normalized spacial score (nSPS) is 16.3. The maximum atomic E-state index is 12.2. The van der Waals surface area contributed by atoms with Gasteiger partial charge in [0.25, 0.3) is 0 Å². The molecule has 2 aromatic carbocycles. The molecular weight excluding hydrogens is 276 g/mol. The number of carbonyl (C=O) groups is 1. The average molecular weight is 296 g/mol. The number of carbonyl (C=O) groups excluding carboxylic acids is 1. The number of nitrogens with one attached hydrogen (secondary N) is 2. The molecule has 2 N–H and O–H groups in total. The second kappa shape index (κ2) is 6.52. The van der Waals surface area contributed by atoms with Crippen molar-refractivity contribution in [2.45, 2.75) is 18.9 Å². The third kappa shape index (κ3) is 3.39. The van der Waals surface area contributed by atoms with Gasteiger partial charge in [-0.2, -0.15) is 0 Å². The molecule has 22 heavy (non-hydrogen) atoms. The van der Waals surface area contributed by atoms with Gasteiger partial charge in [0.15, 0.2) is 0 Å². The Morgan fingerprint density at radius 3 is 2.77 bits per heavy atom. The fraction of sp³-hybridized carbons (Fsp3) is 0.278. The summed E-state index contributed by atoms with van der Waals surface area (Å²) >= 11 is 0. The lowest BCUT2D eigenvalue weighted by atomic mass is 9.99. The zero-order valence-electron chi connectivity index (χ0n) is 12.6. The molecule has 3 rings (SSSR count). The van der Waals surface area contributed by atoms with E-state index >= 15 is 0 Å². The van der Waals surface area contributed by atoms with Crippen molar-refractivity contribution in [2.24, 2.45) is 0 Å². The molecule has 0 saturated heterocycles. The van der Waals surface area contributed by atoms with Gasteiger partial charge in [0.1, 0.15) is 5.75 Å². The molecule has 1 unspecified atom stereocenters. The van der Waals surface area contributed by atoms with Crippen LogP contribution in [0.2, 0.25) is 0 Å². The molecule has 4 nitrogen and oxygen atoms in total. The smallest absolute Gasteiger partial charge is 0.224 e. The van der Waals surface area contributed by atoms with Gasteiger partial charge in [-0.1, -0.05) is 30.3 Å². The Labute approximate surface area is 130 Å².